The smallest absolute Gasteiger partial charge is 0.159 e. The van der Waals surface area contributed by atoms with Crippen LogP contribution in [-0.4, -0.2) is 0 Å². The van der Waals surface area contributed by atoms with Gasteiger partial charge in [-0.3, -0.25) is 0 Å². The number of hydrogen-bond acceptors (Lipinski definition) is 2. The van der Waals surface area contributed by atoms with Gasteiger partial charge in [-0.05, 0) is 55.3 Å². The number of hydrogen-bond donors (Lipinski definition) is 1. The lowest BCUT2D eigenvalue weighted by atomic mass is 10.1. The van der Waals surface area contributed by atoms with Crippen LogP contribution in [-0.2, 0) is 0 Å². The maximum Gasteiger partial charge on any atom is 0.159 e. The normalized spacial score (nSPS) is 12.5. The number of benzene rings is 2. The summed E-state index contributed by atoms with van der Waals surface area (Å²) in [5.41, 5.74) is 6.95. The van der Waals surface area contributed by atoms with Crippen LogP contribution in [0.15, 0.2) is 40.1 Å². The number of aryl methyl sites for hydroxylation is 1. The average Bonchev–Trinajstić information content (AvgIpc) is 2.37. The molecule has 2 rings (SSSR count). The van der Waals surface area contributed by atoms with Crippen molar-refractivity contribution in [2.75, 3.05) is 0 Å². The Bertz CT molecular complexity index is 641. The van der Waals surface area contributed by atoms with E-state index in [0.29, 0.717) is 16.0 Å². The van der Waals surface area contributed by atoms with Crippen molar-refractivity contribution in [3.63, 3.8) is 0 Å². The van der Waals surface area contributed by atoms with Crippen molar-refractivity contribution in [1.29, 1.82) is 0 Å². The quantitative estimate of drug-likeness (QED) is 0.897. The summed E-state index contributed by atoms with van der Waals surface area (Å²) in [4.78, 5) is 1.28. The Morgan fingerprint density at radius 3 is 2.30 bits per heavy atom. The van der Waals surface area contributed by atoms with Crippen molar-refractivity contribution in [2.45, 2.75) is 29.7 Å². The Balaban J connectivity index is 2.41. The second-order valence-corrected chi connectivity index (χ2v) is 5.72. The van der Waals surface area contributed by atoms with Crippen LogP contribution in [0.4, 0.5) is 13.2 Å². The minimum atomic E-state index is -0.906. The molecule has 0 radical (unpaired) electrons. The van der Waals surface area contributed by atoms with Gasteiger partial charge < -0.3 is 5.73 Å². The number of nitrogens with two attached hydrogens (primary N) is 1. The Labute approximate surface area is 120 Å². The van der Waals surface area contributed by atoms with Crippen LogP contribution in [0.1, 0.15) is 24.1 Å². The van der Waals surface area contributed by atoms with E-state index in [1.54, 1.807) is 19.9 Å². The van der Waals surface area contributed by atoms with E-state index in [9.17, 15) is 13.2 Å². The average molecular weight is 297 g/mol. The van der Waals surface area contributed by atoms with Gasteiger partial charge in [-0.2, -0.15) is 0 Å². The molecule has 0 aliphatic heterocycles. The predicted molar refractivity (Wildman–Crippen MR) is 74.2 cm³/mol. The molecule has 1 atom stereocenters. The highest BCUT2D eigenvalue weighted by molar-refractivity contribution is 7.99. The van der Waals surface area contributed by atoms with E-state index in [4.69, 9.17) is 5.73 Å². The summed E-state index contributed by atoms with van der Waals surface area (Å²) < 4.78 is 39.7. The zero-order valence-electron chi connectivity index (χ0n) is 11.1. The Kier molecular flexibility index (Phi) is 4.40. The fourth-order valence-corrected chi connectivity index (χ4v) is 2.93. The van der Waals surface area contributed by atoms with Crippen LogP contribution in [0, 0.1) is 24.4 Å². The summed E-state index contributed by atoms with van der Waals surface area (Å²) in [5.74, 6) is -2.12. The second-order valence-electron chi connectivity index (χ2n) is 4.61. The van der Waals surface area contributed by atoms with Crippen LogP contribution in [0.2, 0.25) is 0 Å². The SMILES string of the molecule is Cc1cc(Sc2ccc(F)c(F)c2)c(C(C)N)cc1F. The van der Waals surface area contributed by atoms with Gasteiger partial charge in [0.2, 0.25) is 0 Å². The molecule has 0 spiro atoms. The lowest BCUT2D eigenvalue weighted by Gasteiger charge is -2.14. The molecule has 0 aromatic heterocycles. The molecule has 0 saturated carbocycles. The molecule has 20 heavy (non-hydrogen) atoms. The van der Waals surface area contributed by atoms with E-state index < -0.39 is 11.6 Å². The largest absolute Gasteiger partial charge is 0.324 e. The monoisotopic (exact) mass is 297 g/mol. The summed E-state index contributed by atoms with van der Waals surface area (Å²) >= 11 is 1.23. The molecule has 1 unspecified atom stereocenters. The highest BCUT2D eigenvalue weighted by atomic mass is 32.2. The zero-order valence-corrected chi connectivity index (χ0v) is 11.9. The first-order chi connectivity index (χ1) is 9.38. The van der Waals surface area contributed by atoms with Crippen LogP contribution in [0.25, 0.3) is 0 Å². The van der Waals surface area contributed by atoms with Gasteiger partial charge in [0.25, 0.3) is 0 Å². The Morgan fingerprint density at radius 1 is 1.00 bits per heavy atom. The molecule has 0 aliphatic carbocycles. The summed E-state index contributed by atoms with van der Waals surface area (Å²) in [6.45, 7) is 3.40. The summed E-state index contributed by atoms with van der Waals surface area (Å²) in [6, 6.07) is 6.37. The molecule has 2 N–H and O–H groups in total. The van der Waals surface area contributed by atoms with Crippen molar-refractivity contribution in [3.8, 4) is 0 Å². The van der Waals surface area contributed by atoms with Crippen LogP contribution >= 0.6 is 11.8 Å². The van der Waals surface area contributed by atoms with E-state index in [-0.39, 0.29) is 11.9 Å². The number of rotatable bonds is 3. The van der Waals surface area contributed by atoms with Gasteiger partial charge in [0.1, 0.15) is 5.82 Å². The second kappa shape index (κ2) is 5.89. The van der Waals surface area contributed by atoms with Gasteiger partial charge >= 0.3 is 0 Å². The van der Waals surface area contributed by atoms with E-state index in [2.05, 4.69) is 0 Å². The van der Waals surface area contributed by atoms with E-state index in [1.807, 2.05) is 0 Å². The first-order valence-electron chi connectivity index (χ1n) is 6.07. The van der Waals surface area contributed by atoms with Gasteiger partial charge in [0.05, 0.1) is 0 Å². The van der Waals surface area contributed by atoms with E-state index in [0.717, 1.165) is 17.0 Å². The zero-order chi connectivity index (χ0) is 14.9. The lowest BCUT2D eigenvalue weighted by molar-refractivity contribution is 0.506. The fourth-order valence-electron chi connectivity index (χ4n) is 1.78. The molecule has 0 aliphatic rings. The molecule has 0 saturated heterocycles. The van der Waals surface area contributed by atoms with Gasteiger partial charge in [-0.15, -0.1) is 0 Å². The molecular weight excluding hydrogens is 283 g/mol. The molecule has 0 bridgehead atoms. The molecule has 2 aromatic carbocycles. The van der Waals surface area contributed by atoms with Crippen molar-refractivity contribution in [2.24, 2.45) is 5.73 Å². The fraction of sp³-hybridized carbons (Fsp3) is 0.200. The highest BCUT2D eigenvalue weighted by Crippen LogP contribution is 2.34. The van der Waals surface area contributed by atoms with Crippen LogP contribution in [0.5, 0.6) is 0 Å². The minimum absolute atomic E-state index is 0.327. The third kappa shape index (κ3) is 3.16. The highest BCUT2D eigenvalue weighted by Gasteiger charge is 2.13. The number of halogens is 3. The van der Waals surface area contributed by atoms with E-state index >= 15 is 0 Å². The van der Waals surface area contributed by atoms with Crippen LogP contribution in [0.3, 0.4) is 0 Å². The van der Waals surface area contributed by atoms with Gasteiger partial charge in [0, 0.05) is 15.8 Å². The van der Waals surface area contributed by atoms with Gasteiger partial charge in [0.15, 0.2) is 11.6 Å². The topological polar surface area (TPSA) is 26.0 Å². The van der Waals surface area contributed by atoms with Gasteiger partial charge in [-0.1, -0.05) is 11.8 Å². The molecule has 5 heteroatoms. The third-order valence-electron chi connectivity index (χ3n) is 2.90. The Morgan fingerprint density at radius 2 is 1.70 bits per heavy atom. The maximum atomic E-state index is 13.6. The standard InChI is InChI=1S/C15H14F3NS/c1-8-5-15(11(9(2)19)7-13(8)17)20-10-3-4-12(16)14(18)6-10/h3-7,9H,19H2,1-2H3. The summed E-state index contributed by atoms with van der Waals surface area (Å²) in [6.07, 6.45) is 0. The molecular formula is C15H14F3NS. The maximum absolute atomic E-state index is 13.6. The molecule has 0 fully saturated rings. The van der Waals surface area contributed by atoms with Gasteiger partial charge in [-0.25, -0.2) is 13.2 Å². The first-order valence-corrected chi connectivity index (χ1v) is 6.88. The summed E-state index contributed by atoms with van der Waals surface area (Å²) in [7, 11) is 0. The van der Waals surface area contributed by atoms with Crippen molar-refractivity contribution in [3.05, 3.63) is 58.9 Å². The third-order valence-corrected chi connectivity index (χ3v) is 3.96. The van der Waals surface area contributed by atoms with Crippen molar-refractivity contribution < 1.29 is 13.2 Å². The molecule has 2 aromatic rings. The minimum Gasteiger partial charge on any atom is -0.324 e. The summed E-state index contributed by atoms with van der Waals surface area (Å²) in [5, 5.41) is 0. The predicted octanol–water partition coefficient (Wildman–Crippen LogP) is 4.58. The molecule has 0 amide bonds. The lowest BCUT2D eigenvalue weighted by Crippen LogP contribution is -2.07. The molecule has 106 valence electrons. The van der Waals surface area contributed by atoms with Crippen molar-refractivity contribution in [1.82, 2.24) is 0 Å². The van der Waals surface area contributed by atoms with Crippen molar-refractivity contribution >= 4 is 11.8 Å². The Hall–Kier alpha value is -1.46. The van der Waals surface area contributed by atoms with Crippen LogP contribution < -0.4 is 5.73 Å². The molecule has 1 nitrogen and oxygen atoms in total. The first kappa shape index (κ1) is 14.9. The molecule has 0 heterocycles. The van der Waals surface area contributed by atoms with E-state index in [1.165, 1.54) is 23.9 Å².